The molecular formula is C8H5ClNNaO5S. The first-order chi connectivity index (χ1) is 7.32. The molecule has 17 heavy (non-hydrogen) atoms. The van der Waals surface area contributed by atoms with E-state index >= 15 is 0 Å². The van der Waals surface area contributed by atoms with Gasteiger partial charge in [0.15, 0.2) is 21.8 Å². The number of aromatic nitrogens is 1. The summed E-state index contributed by atoms with van der Waals surface area (Å²) in [5, 5.41) is 18.5. The molecule has 0 amide bonds. The monoisotopic (exact) mass is 285 g/mol. The molecule has 1 heterocycles. The molecule has 86 valence electrons. The first kappa shape index (κ1) is 14.6. The molecule has 1 aromatic carbocycles. The summed E-state index contributed by atoms with van der Waals surface area (Å²) < 4.78 is 32.9. The molecule has 0 saturated carbocycles. The fourth-order valence-electron chi connectivity index (χ4n) is 1.39. The molecule has 0 atom stereocenters. The van der Waals surface area contributed by atoms with E-state index in [4.69, 9.17) is 11.6 Å². The summed E-state index contributed by atoms with van der Waals surface area (Å²) in [6.07, 6.45) is 0.998. The summed E-state index contributed by atoms with van der Waals surface area (Å²) in [4.78, 5) is 0. The average molecular weight is 286 g/mol. The van der Waals surface area contributed by atoms with Gasteiger partial charge in [0.25, 0.3) is 0 Å². The minimum atomic E-state index is -4.72. The first-order valence-electron chi connectivity index (χ1n) is 4.00. The van der Waals surface area contributed by atoms with Crippen LogP contribution in [0.3, 0.4) is 0 Å². The fourth-order valence-corrected chi connectivity index (χ4v) is 2.24. The van der Waals surface area contributed by atoms with Crippen LogP contribution >= 0.6 is 11.6 Å². The molecule has 0 fully saturated rings. The Labute approximate surface area is 124 Å². The van der Waals surface area contributed by atoms with E-state index in [2.05, 4.69) is 0 Å². The molecule has 0 bridgehead atoms. The van der Waals surface area contributed by atoms with Gasteiger partial charge in [-0.2, -0.15) is 0 Å². The molecule has 2 N–H and O–H groups in total. The van der Waals surface area contributed by atoms with Gasteiger partial charge in [-0.05, 0) is 6.07 Å². The molecule has 0 spiro atoms. The molecule has 6 nitrogen and oxygen atoms in total. The Bertz CT molecular complexity index is 681. The molecule has 1 aromatic heterocycles. The van der Waals surface area contributed by atoms with Crippen molar-refractivity contribution in [3.8, 4) is 11.5 Å². The number of phenolic OH excluding ortho intramolecular Hbond substituents is 2. The third-order valence-corrected chi connectivity index (χ3v) is 3.27. The Morgan fingerprint density at radius 3 is 2.47 bits per heavy atom. The maximum atomic E-state index is 10.8. The maximum Gasteiger partial charge on any atom is 1.00 e. The third-order valence-electron chi connectivity index (χ3n) is 2.09. The van der Waals surface area contributed by atoms with Crippen molar-refractivity contribution < 1.29 is 52.7 Å². The largest absolute Gasteiger partial charge is 1.00 e. The molecule has 2 aromatic rings. The van der Waals surface area contributed by atoms with Crippen LogP contribution in [0.1, 0.15) is 0 Å². The van der Waals surface area contributed by atoms with E-state index in [1.54, 1.807) is 0 Å². The van der Waals surface area contributed by atoms with E-state index in [1.165, 1.54) is 6.07 Å². The van der Waals surface area contributed by atoms with Crippen molar-refractivity contribution in [2.24, 2.45) is 0 Å². The summed E-state index contributed by atoms with van der Waals surface area (Å²) in [7, 11) is -4.72. The summed E-state index contributed by atoms with van der Waals surface area (Å²) in [6.45, 7) is 0. The van der Waals surface area contributed by atoms with Gasteiger partial charge in [0, 0.05) is 17.6 Å². The first-order valence-corrected chi connectivity index (χ1v) is 5.74. The van der Waals surface area contributed by atoms with Crippen LogP contribution in [0.2, 0.25) is 5.02 Å². The van der Waals surface area contributed by atoms with Crippen LogP contribution in [0.15, 0.2) is 18.3 Å². The second-order valence-electron chi connectivity index (χ2n) is 3.06. The van der Waals surface area contributed by atoms with Crippen LogP contribution in [0.4, 0.5) is 0 Å². The zero-order valence-electron chi connectivity index (χ0n) is 8.58. The van der Waals surface area contributed by atoms with Gasteiger partial charge in [-0.3, -0.25) is 3.97 Å². The van der Waals surface area contributed by atoms with Crippen LogP contribution < -0.4 is 29.6 Å². The smallest absolute Gasteiger partial charge is 0.731 e. The third kappa shape index (κ3) is 2.40. The van der Waals surface area contributed by atoms with E-state index in [-0.39, 0.29) is 45.5 Å². The summed E-state index contributed by atoms with van der Waals surface area (Å²) >= 11 is 5.67. The predicted octanol–water partition coefficient (Wildman–Crippen LogP) is -1.98. The van der Waals surface area contributed by atoms with Crippen molar-refractivity contribution >= 4 is 32.8 Å². The molecule has 9 heteroatoms. The number of rotatable bonds is 1. The van der Waals surface area contributed by atoms with Crippen LogP contribution in [-0.4, -0.2) is 27.2 Å². The minimum absolute atomic E-state index is 0. The Morgan fingerprint density at radius 1 is 1.35 bits per heavy atom. The number of halogens is 1. The molecule has 0 saturated heterocycles. The van der Waals surface area contributed by atoms with Crippen molar-refractivity contribution in [1.29, 1.82) is 0 Å². The molecular weight excluding hydrogens is 281 g/mol. The second-order valence-corrected chi connectivity index (χ2v) is 4.69. The van der Waals surface area contributed by atoms with E-state index in [0.29, 0.717) is 3.97 Å². The number of fused-ring (bicyclic) bond motifs is 1. The molecule has 0 aliphatic heterocycles. The van der Waals surface area contributed by atoms with Gasteiger partial charge in [0.05, 0.1) is 10.5 Å². The molecule has 0 radical (unpaired) electrons. The van der Waals surface area contributed by atoms with Crippen molar-refractivity contribution in [3.05, 3.63) is 23.4 Å². The van der Waals surface area contributed by atoms with Crippen LogP contribution in [-0.2, 0) is 10.3 Å². The fraction of sp³-hybridized carbons (Fsp3) is 0. The Hall–Kier alpha value is -0.440. The zero-order valence-corrected chi connectivity index (χ0v) is 12.2. The van der Waals surface area contributed by atoms with Crippen LogP contribution in [0.5, 0.6) is 11.5 Å². The number of benzene rings is 1. The second kappa shape index (κ2) is 4.68. The van der Waals surface area contributed by atoms with Gasteiger partial charge in [-0.25, -0.2) is 8.42 Å². The van der Waals surface area contributed by atoms with E-state index in [1.807, 2.05) is 0 Å². The molecule has 0 aliphatic carbocycles. The van der Waals surface area contributed by atoms with E-state index in [0.717, 1.165) is 12.3 Å². The standard InChI is InChI=1S/C8H6ClNO5S.Na/c9-7-4-1-2-10(16(13,14)15)5(4)3-6(11)8(7)12;/h1-3,11-12H,(H,13,14,15);/q;+1/p-1. The van der Waals surface area contributed by atoms with Gasteiger partial charge in [-0.15, -0.1) is 0 Å². The van der Waals surface area contributed by atoms with Gasteiger partial charge in [-0.1, -0.05) is 11.6 Å². The molecule has 2 rings (SSSR count). The number of aromatic hydroxyl groups is 2. The Kier molecular flexibility index (Phi) is 4.02. The molecule has 0 aliphatic rings. The van der Waals surface area contributed by atoms with Gasteiger partial charge >= 0.3 is 29.6 Å². The average Bonchev–Trinajstić information content (AvgIpc) is 2.57. The zero-order chi connectivity index (χ0) is 12.1. The summed E-state index contributed by atoms with van der Waals surface area (Å²) in [5.41, 5.74) is -0.0877. The Balaban J connectivity index is 0.00000144. The molecule has 0 unspecified atom stereocenters. The van der Waals surface area contributed by atoms with Crippen molar-refractivity contribution in [2.75, 3.05) is 0 Å². The van der Waals surface area contributed by atoms with Crippen molar-refractivity contribution in [1.82, 2.24) is 3.97 Å². The van der Waals surface area contributed by atoms with Gasteiger partial charge in [0.2, 0.25) is 0 Å². The van der Waals surface area contributed by atoms with Crippen molar-refractivity contribution in [3.63, 3.8) is 0 Å². The Morgan fingerprint density at radius 2 is 1.94 bits per heavy atom. The quantitative estimate of drug-likeness (QED) is 0.359. The summed E-state index contributed by atoms with van der Waals surface area (Å²) in [5.74, 6) is -1.16. The maximum absolute atomic E-state index is 10.8. The number of nitrogens with zero attached hydrogens (tertiary/aromatic N) is 1. The number of phenols is 2. The van der Waals surface area contributed by atoms with Crippen molar-refractivity contribution in [2.45, 2.75) is 0 Å². The SMILES string of the molecule is O=S(=O)([O-])n1ccc2c(Cl)c(O)c(O)cc21.[Na+]. The van der Waals surface area contributed by atoms with Crippen LogP contribution in [0, 0.1) is 0 Å². The van der Waals surface area contributed by atoms with Gasteiger partial charge in [0.1, 0.15) is 0 Å². The van der Waals surface area contributed by atoms with Crippen LogP contribution in [0.25, 0.3) is 10.9 Å². The van der Waals surface area contributed by atoms with E-state index < -0.39 is 21.8 Å². The normalized spacial score (nSPS) is 11.4. The topological polar surface area (TPSA) is 103 Å². The predicted molar refractivity (Wildman–Crippen MR) is 55.4 cm³/mol. The van der Waals surface area contributed by atoms with Gasteiger partial charge < -0.3 is 14.8 Å². The number of hydrogen-bond acceptors (Lipinski definition) is 5. The number of hydrogen-bond donors (Lipinski definition) is 2. The minimum Gasteiger partial charge on any atom is -0.731 e. The summed E-state index contributed by atoms with van der Waals surface area (Å²) in [6, 6.07) is 2.21. The van der Waals surface area contributed by atoms with E-state index in [9.17, 15) is 23.2 Å².